The van der Waals surface area contributed by atoms with Crippen LogP contribution >= 0.6 is 21.0 Å². The fourth-order valence-electron chi connectivity index (χ4n) is 5.04. The molecule has 0 saturated carbocycles. The number of nitrogens with one attached hydrogen (secondary N) is 1. The van der Waals surface area contributed by atoms with Crippen molar-refractivity contribution in [2.24, 2.45) is 24.8 Å². The van der Waals surface area contributed by atoms with Crippen molar-refractivity contribution in [2.75, 3.05) is 13.6 Å². The molecule has 12 nitrogen and oxygen atoms in total. The summed E-state index contributed by atoms with van der Waals surface area (Å²) in [5.74, 6) is 0.197. The number of primary amides is 1. The van der Waals surface area contributed by atoms with Gasteiger partial charge in [-0.25, -0.2) is 8.14 Å². The van der Waals surface area contributed by atoms with E-state index < -0.39 is 11.9 Å². The lowest BCUT2D eigenvalue weighted by Gasteiger charge is -2.28. The monoisotopic (exact) mass is 667 g/mol. The van der Waals surface area contributed by atoms with Crippen LogP contribution in [0.4, 0.5) is 0 Å². The Bertz CT molecular complexity index is 1650. The van der Waals surface area contributed by atoms with Crippen molar-refractivity contribution < 1.29 is 14.4 Å². The Balaban J connectivity index is 1.38. The van der Waals surface area contributed by atoms with E-state index in [-0.39, 0.29) is 51.0 Å². The number of rotatable bonds is 6. The zero-order valence-electron chi connectivity index (χ0n) is 22.9. The number of carbonyl (C=O) groups excluding carboxylic acids is 3. The topological polar surface area (TPSA) is 151 Å². The summed E-state index contributed by atoms with van der Waals surface area (Å²) in [6.07, 6.45) is 7.67. The third-order valence-electron chi connectivity index (χ3n) is 6.99. The number of nitrogens with two attached hydrogens (primary N) is 1. The van der Waals surface area contributed by atoms with Crippen LogP contribution in [-0.4, -0.2) is 68.7 Å². The second-order valence-electron chi connectivity index (χ2n) is 9.98. The van der Waals surface area contributed by atoms with Gasteiger partial charge < -0.3 is 10.6 Å². The molecule has 3 aliphatic rings. The van der Waals surface area contributed by atoms with E-state index in [0.29, 0.717) is 41.5 Å². The highest BCUT2D eigenvalue weighted by molar-refractivity contribution is 14.2. The largest absolute Gasteiger partial charge is 0.364 e. The number of allylic oxidation sites excluding steroid dienone is 4. The third-order valence-corrected chi connectivity index (χ3v) is 8.27. The summed E-state index contributed by atoms with van der Waals surface area (Å²) in [7, 11) is 1.74. The Labute approximate surface area is 247 Å². The number of amidine groups is 1. The lowest BCUT2D eigenvalue weighted by Crippen LogP contribution is -2.52. The zero-order chi connectivity index (χ0) is 29.3. The van der Waals surface area contributed by atoms with Crippen LogP contribution in [0.1, 0.15) is 36.3 Å². The Morgan fingerprint density at radius 3 is 2.78 bits per heavy atom. The summed E-state index contributed by atoms with van der Waals surface area (Å²) in [5, 5.41) is 7.83. The molecule has 3 N–H and O–H groups in total. The number of hydrogen-bond donors (Lipinski definition) is 2. The van der Waals surface area contributed by atoms with Crippen LogP contribution < -0.4 is 11.1 Å². The molecule has 5 rings (SSSR count). The quantitative estimate of drug-likeness (QED) is 0.454. The van der Waals surface area contributed by atoms with E-state index in [4.69, 9.17) is 5.73 Å². The Hall–Kier alpha value is -4.27. The van der Waals surface area contributed by atoms with Crippen LogP contribution in [-0.2, 0) is 16.1 Å². The molecule has 2 atom stereocenters. The van der Waals surface area contributed by atoms with Crippen LogP contribution in [0.3, 0.4) is 0 Å². The zero-order valence-corrected chi connectivity index (χ0v) is 25.1. The molecule has 13 heteroatoms. The summed E-state index contributed by atoms with van der Waals surface area (Å²) in [5.41, 5.74) is 8.15. The van der Waals surface area contributed by atoms with Crippen molar-refractivity contribution in [3.05, 3.63) is 70.4 Å². The first kappa shape index (κ1) is 28.3. The van der Waals surface area contributed by atoms with E-state index in [1.54, 1.807) is 35.9 Å². The first-order valence-corrected chi connectivity index (χ1v) is 15.2. The molecule has 1 aromatic heterocycles. The van der Waals surface area contributed by atoms with Gasteiger partial charge in [0, 0.05) is 51.8 Å². The predicted molar refractivity (Wildman–Crippen MR) is 166 cm³/mol. The van der Waals surface area contributed by atoms with Crippen molar-refractivity contribution in [1.82, 2.24) is 24.9 Å². The van der Waals surface area contributed by atoms with E-state index in [9.17, 15) is 14.4 Å². The Morgan fingerprint density at radius 2 is 2.07 bits per heavy atom. The second-order valence-corrected chi connectivity index (χ2v) is 11.8. The van der Waals surface area contributed by atoms with E-state index in [0.717, 1.165) is 11.1 Å². The number of fused-ring (bicyclic) bond motifs is 1. The molecule has 41 heavy (non-hydrogen) atoms. The number of halogens is 1. The molecule has 0 bridgehead atoms. The maximum absolute atomic E-state index is 13.6. The highest BCUT2D eigenvalue weighted by Crippen LogP contribution is 2.29. The smallest absolute Gasteiger partial charge is 0.269 e. The van der Waals surface area contributed by atoms with Gasteiger partial charge in [-0.2, -0.15) is 10.1 Å². The molecule has 0 aliphatic carbocycles. The number of benzene rings is 1. The van der Waals surface area contributed by atoms with Gasteiger partial charge in [-0.1, -0.05) is 25.6 Å². The van der Waals surface area contributed by atoms with E-state index >= 15 is 0 Å². The van der Waals surface area contributed by atoms with Crippen LogP contribution in [0, 0.1) is 5.92 Å². The standard InChI is InChI=1S/C28H30IN9O3/c1-5-6-23-32-17(3)33-28(36(23)4)34-27(41)22-11-16(2)14-37(22)24(39)15-38-21-8-7-18(19-9-10-29-31-13-19)12-20(21)25(35-38)26(30)40/h5-10,12-13,16,22H,1,11,14-15H2,2-4H3,(H2,30,40)(H,32,33,34,41)/b23-6-. The van der Waals surface area contributed by atoms with Crippen LogP contribution in [0.25, 0.3) is 16.5 Å². The van der Waals surface area contributed by atoms with Crippen molar-refractivity contribution in [2.45, 2.75) is 32.9 Å². The van der Waals surface area contributed by atoms with Gasteiger partial charge in [0.05, 0.1) is 5.52 Å². The molecule has 3 amide bonds. The Morgan fingerprint density at radius 1 is 1.27 bits per heavy atom. The minimum Gasteiger partial charge on any atom is -0.364 e. The van der Waals surface area contributed by atoms with Gasteiger partial charge in [-0.05, 0) is 53.2 Å². The molecule has 2 unspecified atom stereocenters. The SMILES string of the molecule is C=C/C=C1/N=C(C)N=C(NC(=O)C2CC(C)CN2C(=O)Cn2nc(C(N)=O)c3cc(C4=CN=IC=C4)ccc32)N1C. The molecule has 3 aliphatic heterocycles. The highest BCUT2D eigenvalue weighted by atomic mass is 127. The molecule has 1 fully saturated rings. The average molecular weight is 668 g/mol. The third kappa shape index (κ3) is 5.80. The lowest BCUT2D eigenvalue weighted by atomic mass is 10.0. The van der Waals surface area contributed by atoms with Crippen molar-refractivity contribution in [1.29, 1.82) is 0 Å². The van der Waals surface area contributed by atoms with E-state index in [1.807, 2.05) is 37.4 Å². The first-order chi connectivity index (χ1) is 19.7. The molecule has 0 spiro atoms. The minimum atomic E-state index is -0.694. The first-order valence-electron chi connectivity index (χ1n) is 13.0. The number of carbonyl (C=O) groups is 3. The number of amides is 3. The second kappa shape index (κ2) is 11.7. The van der Waals surface area contributed by atoms with E-state index in [1.165, 1.54) is 4.68 Å². The van der Waals surface area contributed by atoms with Gasteiger partial charge in [0.15, 0.2) is 5.69 Å². The molecular weight excluding hydrogens is 637 g/mol. The fraction of sp³-hybridized carbons (Fsp3) is 0.286. The normalized spacial score (nSPS) is 21.3. The average Bonchev–Trinajstić information content (AvgIpc) is 3.52. The lowest BCUT2D eigenvalue weighted by molar-refractivity contribution is -0.138. The van der Waals surface area contributed by atoms with Crippen LogP contribution in [0.15, 0.2) is 72.2 Å². The maximum Gasteiger partial charge on any atom is 0.269 e. The molecule has 2 aromatic rings. The highest BCUT2D eigenvalue weighted by Gasteiger charge is 2.39. The number of aliphatic imine (C=N–C) groups is 2. The van der Waals surface area contributed by atoms with Crippen molar-refractivity contribution in [3.8, 4) is 0 Å². The summed E-state index contributed by atoms with van der Waals surface area (Å²) < 4.78 is 7.93. The predicted octanol–water partition coefficient (Wildman–Crippen LogP) is 3.26. The minimum absolute atomic E-state index is 0.0854. The summed E-state index contributed by atoms with van der Waals surface area (Å²) >= 11 is -0.307. The van der Waals surface area contributed by atoms with Crippen molar-refractivity contribution >= 4 is 67.0 Å². The van der Waals surface area contributed by atoms with Crippen molar-refractivity contribution in [3.63, 3.8) is 0 Å². The molecule has 1 saturated heterocycles. The number of guanidine groups is 1. The summed E-state index contributed by atoms with van der Waals surface area (Å²) in [4.78, 5) is 51.3. The number of likely N-dealkylation sites (tertiary alicyclic amines) is 1. The van der Waals surface area contributed by atoms with E-state index in [2.05, 4.69) is 34.2 Å². The number of aromatic nitrogens is 2. The van der Waals surface area contributed by atoms with Gasteiger partial charge in [-0.3, -0.25) is 29.3 Å². The van der Waals surface area contributed by atoms with Gasteiger partial charge in [-0.15, -0.1) is 0 Å². The number of hydrogen-bond acceptors (Lipinski definition) is 8. The summed E-state index contributed by atoms with van der Waals surface area (Å²) in [6.45, 7) is 7.71. The van der Waals surface area contributed by atoms with Crippen LogP contribution in [0.2, 0.25) is 0 Å². The number of nitrogens with zero attached hydrogens (tertiary/aromatic N) is 7. The molecule has 212 valence electrons. The molecule has 0 radical (unpaired) electrons. The fourth-order valence-corrected chi connectivity index (χ4v) is 6.23. The van der Waals surface area contributed by atoms with Gasteiger partial charge in [0.1, 0.15) is 24.2 Å². The van der Waals surface area contributed by atoms with Crippen LogP contribution in [0.5, 0.6) is 0 Å². The van der Waals surface area contributed by atoms with Gasteiger partial charge in [0.25, 0.3) is 5.91 Å². The Kier molecular flexibility index (Phi) is 8.06. The molecule has 1 aromatic carbocycles. The molecule has 4 heterocycles. The maximum atomic E-state index is 13.6. The molecular formula is C28H30IN9O3. The summed E-state index contributed by atoms with van der Waals surface area (Å²) in [6, 6.07) is 4.87. The van der Waals surface area contributed by atoms with Gasteiger partial charge >= 0.3 is 0 Å². The van der Waals surface area contributed by atoms with Gasteiger partial charge in [0.2, 0.25) is 17.8 Å².